The van der Waals surface area contributed by atoms with Gasteiger partial charge in [0.1, 0.15) is 0 Å². The molecule has 0 aromatic heterocycles. The summed E-state index contributed by atoms with van der Waals surface area (Å²) >= 11 is 0. The molecule has 6 nitrogen and oxygen atoms in total. The van der Waals surface area contributed by atoms with Crippen molar-refractivity contribution in [2.24, 2.45) is 5.92 Å². The van der Waals surface area contributed by atoms with Crippen molar-refractivity contribution < 1.29 is 14.3 Å². The number of amides is 3. The van der Waals surface area contributed by atoms with Gasteiger partial charge < -0.3 is 9.64 Å². The van der Waals surface area contributed by atoms with Gasteiger partial charge in [-0.1, -0.05) is 6.92 Å². The quantitative estimate of drug-likeness (QED) is 0.724. The van der Waals surface area contributed by atoms with E-state index in [0.29, 0.717) is 6.61 Å². The van der Waals surface area contributed by atoms with Crippen LogP contribution in [0.1, 0.15) is 19.8 Å². The second-order valence-corrected chi connectivity index (χ2v) is 4.53. The zero-order valence-electron chi connectivity index (χ0n) is 10.2. The minimum Gasteiger partial charge on any atom is -0.377 e. The largest absolute Gasteiger partial charge is 0.377 e. The first-order chi connectivity index (χ1) is 8.15. The Hall–Kier alpha value is -1.14. The molecule has 0 aromatic rings. The zero-order chi connectivity index (χ0) is 12.4. The van der Waals surface area contributed by atoms with Gasteiger partial charge in [0, 0.05) is 13.7 Å². The number of nitrogens with zero attached hydrogens (tertiary/aromatic N) is 1. The van der Waals surface area contributed by atoms with Crippen molar-refractivity contribution in [2.45, 2.75) is 32.0 Å². The van der Waals surface area contributed by atoms with E-state index in [1.54, 1.807) is 7.05 Å². The molecule has 0 saturated carbocycles. The van der Waals surface area contributed by atoms with Crippen LogP contribution >= 0.6 is 0 Å². The lowest BCUT2D eigenvalue weighted by Crippen LogP contribution is -2.68. The molecule has 3 atom stereocenters. The average molecular weight is 241 g/mol. The van der Waals surface area contributed by atoms with Crippen molar-refractivity contribution in [1.82, 2.24) is 15.5 Å². The van der Waals surface area contributed by atoms with Gasteiger partial charge in [0.25, 0.3) is 0 Å². The number of rotatable bonds is 3. The van der Waals surface area contributed by atoms with Crippen LogP contribution in [-0.2, 0) is 9.53 Å². The molecule has 2 rings (SSSR count). The average Bonchev–Trinajstić information content (AvgIpc) is 2.33. The number of carbonyl (C=O) groups is 2. The number of hydrogen-bond acceptors (Lipinski definition) is 4. The Morgan fingerprint density at radius 2 is 2.24 bits per heavy atom. The maximum atomic E-state index is 11.9. The smallest absolute Gasteiger partial charge is 0.325 e. The number of ether oxygens (including phenoxy) is 1. The third-order valence-electron chi connectivity index (χ3n) is 3.33. The van der Waals surface area contributed by atoms with E-state index >= 15 is 0 Å². The summed E-state index contributed by atoms with van der Waals surface area (Å²) in [5, 5.41) is 5.57. The molecule has 2 heterocycles. The van der Waals surface area contributed by atoms with Gasteiger partial charge in [0.05, 0.1) is 18.2 Å². The molecule has 3 amide bonds. The van der Waals surface area contributed by atoms with Crippen LogP contribution in [0.4, 0.5) is 4.79 Å². The van der Waals surface area contributed by atoms with Crippen molar-refractivity contribution >= 4 is 11.9 Å². The summed E-state index contributed by atoms with van der Waals surface area (Å²) in [5.74, 6) is -0.538. The Kier molecular flexibility index (Phi) is 3.63. The number of hydrogen-bond donors (Lipinski definition) is 2. The molecule has 0 radical (unpaired) electrons. The predicted octanol–water partition coefficient (Wildman–Crippen LogP) is -0.101. The highest BCUT2D eigenvalue weighted by molar-refractivity contribution is 5.98. The fourth-order valence-electron chi connectivity index (χ4n) is 2.43. The minimum absolute atomic E-state index is 0.100. The number of urea groups is 1. The Balaban J connectivity index is 2.12. The summed E-state index contributed by atoms with van der Waals surface area (Å²) in [6.45, 7) is 3.45. The molecular weight excluding hydrogens is 222 g/mol. The number of nitrogens with one attached hydrogen (secondary N) is 2. The second-order valence-electron chi connectivity index (χ2n) is 4.53. The van der Waals surface area contributed by atoms with Crippen LogP contribution in [0, 0.1) is 5.92 Å². The summed E-state index contributed by atoms with van der Waals surface area (Å²) in [5.41, 5.74) is 0. The van der Waals surface area contributed by atoms with E-state index in [1.807, 2.05) is 6.92 Å². The Bertz CT molecular complexity index is 321. The minimum atomic E-state index is -0.347. The third kappa shape index (κ3) is 2.28. The fourth-order valence-corrected chi connectivity index (χ4v) is 2.43. The van der Waals surface area contributed by atoms with E-state index in [1.165, 1.54) is 4.90 Å². The molecule has 17 heavy (non-hydrogen) atoms. The van der Waals surface area contributed by atoms with Gasteiger partial charge >= 0.3 is 6.03 Å². The molecule has 0 aromatic carbocycles. The monoisotopic (exact) mass is 241 g/mol. The molecule has 2 N–H and O–H groups in total. The van der Waals surface area contributed by atoms with Gasteiger partial charge in [-0.25, -0.2) is 4.79 Å². The topological polar surface area (TPSA) is 70.7 Å². The lowest BCUT2D eigenvalue weighted by Gasteiger charge is -2.44. The molecular formula is C11H19N3O3. The van der Waals surface area contributed by atoms with Crippen molar-refractivity contribution in [2.75, 3.05) is 20.2 Å². The summed E-state index contributed by atoms with van der Waals surface area (Å²) < 4.78 is 5.72. The van der Waals surface area contributed by atoms with Crippen LogP contribution in [0.15, 0.2) is 0 Å². The van der Waals surface area contributed by atoms with E-state index in [0.717, 1.165) is 19.4 Å². The number of piperidine rings is 1. The van der Waals surface area contributed by atoms with Gasteiger partial charge in [0.15, 0.2) is 0 Å². The Morgan fingerprint density at radius 3 is 2.94 bits per heavy atom. The molecule has 3 unspecified atom stereocenters. The summed E-state index contributed by atoms with van der Waals surface area (Å²) in [7, 11) is 1.69. The molecule has 2 aliphatic rings. The van der Waals surface area contributed by atoms with Crippen molar-refractivity contribution in [3.05, 3.63) is 0 Å². The predicted molar refractivity (Wildman–Crippen MR) is 61.2 cm³/mol. The highest BCUT2D eigenvalue weighted by Gasteiger charge is 2.46. The number of imide groups is 1. The molecule has 2 aliphatic heterocycles. The zero-order valence-corrected chi connectivity index (χ0v) is 10.2. The normalized spacial score (nSPS) is 33.3. The van der Waals surface area contributed by atoms with Crippen LogP contribution in [0.5, 0.6) is 0 Å². The van der Waals surface area contributed by atoms with E-state index in [9.17, 15) is 9.59 Å². The van der Waals surface area contributed by atoms with E-state index in [4.69, 9.17) is 4.74 Å². The van der Waals surface area contributed by atoms with Crippen LogP contribution in [-0.4, -0.2) is 49.3 Å². The van der Waals surface area contributed by atoms with Crippen LogP contribution in [0.25, 0.3) is 0 Å². The lowest BCUT2D eigenvalue weighted by atomic mass is 9.89. The first-order valence-electron chi connectivity index (χ1n) is 6.07. The van der Waals surface area contributed by atoms with Crippen molar-refractivity contribution in [1.29, 1.82) is 0 Å². The number of carbonyl (C=O) groups excluding carboxylic acids is 2. The highest BCUT2D eigenvalue weighted by Crippen LogP contribution is 2.25. The molecule has 2 fully saturated rings. The summed E-state index contributed by atoms with van der Waals surface area (Å²) in [4.78, 5) is 24.9. The standard InChI is InChI=1S/C11H19N3O3/c1-3-6-17-7-4-5-12-9-8(7)10(15)13-11(16)14(9)2/h7-9,12H,3-6H2,1-2H3,(H,13,15,16). The summed E-state index contributed by atoms with van der Waals surface area (Å²) in [6.07, 6.45) is 1.39. The Morgan fingerprint density at radius 1 is 1.47 bits per heavy atom. The van der Waals surface area contributed by atoms with Crippen molar-refractivity contribution in [3.63, 3.8) is 0 Å². The van der Waals surface area contributed by atoms with Crippen LogP contribution in [0.2, 0.25) is 0 Å². The maximum absolute atomic E-state index is 11.9. The molecule has 0 spiro atoms. The third-order valence-corrected chi connectivity index (χ3v) is 3.33. The van der Waals surface area contributed by atoms with Gasteiger partial charge in [0.2, 0.25) is 5.91 Å². The molecule has 6 heteroatoms. The van der Waals surface area contributed by atoms with E-state index in [2.05, 4.69) is 10.6 Å². The SMILES string of the molecule is CCCOC1CCNC2C1C(=O)NC(=O)N2C. The van der Waals surface area contributed by atoms with E-state index < -0.39 is 0 Å². The summed E-state index contributed by atoms with van der Waals surface area (Å²) in [6, 6.07) is -0.347. The van der Waals surface area contributed by atoms with E-state index in [-0.39, 0.29) is 30.1 Å². The van der Waals surface area contributed by atoms with Crippen molar-refractivity contribution in [3.8, 4) is 0 Å². The second kappa shape index (κ2) is 5.01. The first-order valence-corrected chi connectivity index (χ1v) is 6.07. The first kappa shape index (κ1) is 12.3. The maximum Gasteiger partial charge on any atom is 0.325 e. The van der Waals surface area contributed by atoms with Gasteiger partial charge in [-0.15, -0.1) is 0 Å². The Labute approximate surface area is 101 Å². The van der Waals surface area contributed by atoms with Gasteiger partial charge in [-0.05, 0) is 19.4 Å². The molecule has 0 aliphatic carbocycles. The highest BCUT2D eigenvalue weighted by atomic mass is 16.5. The van der Waals surface area contributed by atoms with Gasteiger partial charge in [-0.2, -0.15) is 0 Å². The number of fused-ring (bicyclic) bond motifs is 1. The van der Waals surface area contributed by atoms with Crippen LogP contribution < -0.4 is 10.6 Å². The molecule has 2 saturated heterocycles. The molecule has 96 valence electrons. The fraction of sp³-hybridized carbons (Fsp3) is 0.818. The van der Waals surface area contributed by atoms with Crippen LogP contribution in [0.3, 0.4) is 0 Å². The lowest BCUT2D eigenvalue weighted by molar-refractivity contribution is -0.139. The molecule has 0 bridgehead atoms. The van der Waals surface area contributed by atoms with Gasteiger partial charge in [-0.3, -0.25) is 15.4 Å².